The van der Waals surface area contributed by atoms with Gasteiger partial charge in [-0.2, -0.15) is 0 Å². The van der Waals surface area contributed by atoms with Crippen molar-refractivity contribution in [1.29, 1.82) is 0 Å². The van der Waals surface area contributed by atoms with Gasteiger partial charge < -0.3 is 10.1 Å². The summed E-state index contributed by atoms with van der Waals surface area (Å²) >= 11 is 0. The molecule has 0 atom stereocenters. The lowest BCUT2D eigenvalue weighted by atomic mass is 9.95. The topological polar surface area (TPSA) is 84.5 Å². The normalized spacial score (nSPS) is 14.5. The number of carbonyl (C=O) groups is 1. The highest BCUT2D eigenvalue weighted by Crippen LogP contribution is 2.49. The molecule has 0 saturated heterocycles. The second kappa shape index (κ2) is 8.07. The fourth-order valence-corrected chi connectivity index (χ4v) is 5.02. The van der Waals surface area contributed by atoms with E-state index < -0.39 is 15.4 Å². The molecule has 4 rings (SSSR count). The van der Waals surface area contributed by atoms with Gasteiger partial charge >= 0.3 is 0 Å². The molecule has 0 spiro atoms. The molecule has 31 heavy (non-hydrogen) atoms. The molecule has 2 N–H and O–H groups in total. The number of hydrogen-bond donors (Lipinski definition) is 2. The van der Waals surface area contributed by atoms with Gasteiger partial charge in [0.25, 0.3) is 10.0 Å². The van der Waals surface area contributed by atoms with Crippen LogP contribution < -0.4 is 14.8 Å². The summed E-state index contributed by atoms with van der Waals surface area (Å²) in [6.45, 7) is 1.72. The van der Waals surface area contributed by atoms with E-state index in [9.17, 15) is 13.2 Å². The molecule has 3 aromatic rings. The number of carbonyl (C=O) groups excluding carboxylic acids is 1. The zero-order valence-corrected chi connectivity index (χ0v) is 18.2. The summed E-state index contributed by atoms with van der Waals surface area (Å²) in [4.78, 5) is 13.1. The summed E-state index contributed by atoms with van der Waals surface area (Å²) < 4.78 is 34.0. The number of anilines is 2. The van der Waals surface area contributed by atoms with Gasteiger partial charge in [0.2, 0.25) is 5.91 Å². The zero-order valence-electron chi connectivity index (χ0n) is 17.4. The molecule has 6 nitrogen and oxygen atoms in total. The maximum absolute atomic E-state index is 13.1. The minimum absolute atomic E-state index is 0.0979. The zero-order chi connectivity index (χ0) is 22.1. The van der Waals surface area contributed by atoms with Crippen molar-refractivity contribution in [2.24, 2.45) is 0 Å². The molecule has 7 heteroatoms. The third kappa shape index (κ3) is 4.14. The maximum Gasteiger partial charge on any atom is 0.262 e. The van der Waals surface area contributed by atoms with Crippen LogP contribution in [0.1, 0.15) is 24.0 Å². The van der Waals surface area contributed by atoms with E-state index in [1.54, 1.807) is 43.3 Å². The van der Waals surface area contributed by atoms with Crippen LogP contribution in [0, 0.1) is 6.92 Å². The predicted molar refractivity (Wildman–Crippen MR) is 121 cm³/mol. The average Bonchev–Trinajstić information content (AvgIpc) is 3.58. The van der Waals surface area contributed by atoms with Gasteiger partial charge in [0.1, 0.15) is 5.75 Å². The summed E-state index contributed by atoms with van der Waals surface area (Å²) in [6.07, 6.45) is 1.55. The molecule has 0 radical (unpaired) electrons. The van der Waals surface area contributed by atoms with Crippen LogP contribution in [0.5, 0.6) is 5.75 Å². The molecule has 1 saturated carbocycles. The van der Waals surface area contributed by atoms with E-state index >= 15 is 0 Å². The highest BCUT2D eigenvalue weighted by molar-refractivity contribution is 7.92. The summed E-state index contributed by atoms with van der Waals surface area (Å²) in [5, 5.41) is 2.91. The van der Waals surface area contributed by atoms with Crippen molar-refractivity contribution in [2.45, 2.75) is 30.1 Å². The number of hydrogen-bond acceptors (Lipinski definition) is 4. The first-order valence-corrected chi connectivity index (χ1v) is 11.5. The number of benzene rings is 3. The molecule has 0 bridgehead atoms. The first kappa shape index (κ1) is 20.9. The van der Waals surface area contributed by atoms with Gasteiger partial charge in [-0.05, 0) is 55.2 Å². The van der Waals surface area contributed by atoms with Crippen LogP contribution in [-0.4, -0.2) is 21.4 Å². The van der Waals surface area contributed by atoms with Crippen molar-refractivity contribution in [2.75, 3.05) is 17.1 Å². The van der Waals surface area contributed by atoms with E-state index in [0.717, 1.165) is 18.4 Å². The number of amides is 1. The van der Waals surface area contributed by atoms with Crippen molar-refractivity contribution in [3.8, 4) is 5.75 Å². The predicted octanol–water partition coefficient (Wildman–Crippen LogP) is 4.47. The summed E-state index contributed by atoms with van der Waals surface area (Å²) in [5.41, 5.74) is 1.80. The van der Waals surface area contributed by atoms with Crippen LogP contribution in [0.25, 0.3) is 0 Å². The van der Waals surface area contributed by atoms with Gasteiger partial charge in [0, 0.05) is 5.69 Å². The van der Waals surface area contributed by atoms with Gasteiger partial charge in [0.05, 0.1) is 23.1 Å². The Morgan fingerprint density at radius 1 is 0.968 bits per heavy atom. The molecular formula is C24H24N2O4S. The molecule has 0 aromatic heterocycles. The van der Waals surface area contributed by atoms with Crippen molar-refractivity contribution in [3.05, 3.63) is 83.9 Å². The first-order chi connectivity index (χ1) is 14.9. The number of para-hydroxylation sites is 2. The highest BCUT2D eigenvalue weighted by atomic mass is 32.2. The number of rotatable bonds is 7. The quantitative estimate of drug-likeness (QED) is 0.572. The molecule has 0 aliphatic heterocycles. The monoisotopic (exact) mass is 436 g/mol. The Balaban J connectivity index is 1.59. The number of methoxy groups -OCH3 is 1. The Kier molecular flexibility index (Phi) is 5.45. The van der Waals surface area contributed by atoms with Gasteiger partial charge in [0.15, 0.2) is 0 Å². The van der Waals surface area contributed by atoms with Gasteiger partial charge in [-0.3, -0.25) is 9.52 Å². The van der Waals surface area contributed by atoms with Crippen LogP contribution in [0.15, 0.2) is 77.7 Å². The minimum Gasteiger partial charge on any atom is -0.495 e. The van der Waals surface area contributed by atoms with Crippen molar-refractivity contribution in [3.63, 3.8) is 0 Å². The number of aryl methyl sites for hydroxylation is 1. The van der Waals surface area contributed by atoms with Gasteiger partial charge in [-0.1, -0.05) is 48.5 Å². The lowest BCUT2D eigenvalue weighted by Crippen LogP contribution is -2.28. The maximum atomic E-state index is 13.1. The van der Waals surface area contributed by atoms with Crippen LogP contribution >= 0.6 is 0 Å². The molecule has 3 aromatic carbocycles. The number of sulfonamides is 1. The van der Waals surface area contributed by atoms with Crippen LogP contribution in [0.3, 0.4) is 0 Å². The average molecular weight is 437 g/mol. The number of nitrogens with one attached hydrogen (secondary N) is 2. The third-order valence-corrected chi connectivity index (χ3v) is 7.11. The van der Waals surface area contributed by atoms with E-state index in [4.69, 9.17) is 4.74 Å². The van der Waals surface area contributed by atoms with E-state index in [1.807, 2.05) is 30.3 Å². The molecule has 1 aliphatic rings. The van der Waals surface area contributed by atoms with Crippen molar-refractivity contribution < 1.29 is 17.9 Å². The van der Waals surface area contributed by atoms with Crippen LogP contribution in [0.2, 0.25) is 0 Å². The summed E-state index contributed by atoms with van der Waals surface area (Å²) in [5.74, 6) is 0.301. The minimum atomic E-state index is -3.89. The SMILES string of the molecule is COc1ccccc1NS(=O)(=O)c1cc(NC(=O)C2(c3ccccc3)CC2)ccc1C. The lowest BCUT2D eigenvalue weighted by molar-refractivity contribution is -0.118. The van der Waals surface area contributed by atoms with E-state index in [1.165, 1.54) is 13.2 Å². The summed E-state index contributed by atoms with van der Waals surface area (Å²) in [7, 11) is -2.41. The molecule has 1 aliphatic carbocycles. The molecule has 1 amide bonds. The van der Waals surface area contributed by atoms with E-state index in [0.29, 0.717) is 22.7 Å². The molecule has 0 heterocycles. The van der Waals surface area contributed by atoms with Gasteiger partial charge in [-0.15, -0.1) is 0 Å². The van der Waals surface area contributed by atoms with E-state index in [2.05, 4.69) is 10.0 Å². The lowest BCUT2D eigenvalue weighted by Gasteiger charge is -2.17. The molecule has 0 unspecified atom stereocenters. The van der Waals surface area contributed by atoms with Crippen LogP contribution in [0.4, 0.5) is 11.4 Å². The van der Waals surface area contributed by atoms with Crippen LogP contribution in [-0.2, 0) is 20.2 Å². The van der Waals surface area contributed by atoms with E-state index in [-0.39, 0.29) is 10.8 Å². The molecule has 1 fully saturated rings. The second-order valence-electron chi connectivity index (χ2n) is 7.69. The first-order valence-electron chi connectivity index (χ1n) is 9.99. The fourth-order valence-electron chi connectivity index (χ4n) is 3.68. The van der Waals surface area contributed by atoms with Crippen molar-refractivity contribution in [1.82, 2.24) is 0 Å². The largest absolute Gasteiger partial charge is 0.495 e. The Morgan fingerprint density at radius 3 is 2.32 bits per heavy atom. The standard InChI is InChI=1S/C24H24N2O4S/c1-17-12-13-19(25-23(27)24(14-15-24)18-8-4-3-5-9-18)16-22(17)31(28,29)26-20-10-6-7-11-21(20)30-2/h3-13,16,26H,14-15H2,1-2H3,(H,25,27). The Labute approximate surface area is 182 Å². The van der Waals surface area contributed by atoms with Gasteiger partial charge in [-0.25, -0.2) is 8.42 Å². The number of ether oxygens (including phenoxy) is 1. The molecular weight excluding hydrogens is 412 g/mol. The summed E-state index contributed by atoms with van der Waals surface area (Å²) in [6, 6.07) is 21.4. The second-order valence-corrected chi connectivity index (χ2v) is 9.34. The Bertz CT molecular complexity index is 1220. The van der Waals surface area contributed by atoms with Crippen molar-refractivity contribution >= 4 is 27.3 Å². The highest BCUT2D eigenvalue weighted by Gasteiger charge is 2.51. The Hall–Kier alpha value is -3.32. The fraction of sp³-hybridized carbons (Fsp3) is 0.208. The smallest absolute Gasteiger partial charge is 0.262 e. The third-order valence-electron chi connectivity index (χ3n) is 5.60. The molecule has 160 valence electrons. The Morgan fingerprint density at radius 2 is 1.65 bits per heavy atom.